The summed E-state index contributed by atoms with van der Waals surface area (Å²) < 4.78 is 5.55. The number of oxazole rings is 1. The smallest absolute Gasteiger partial charge is 0.227 e. The molecule has 0 saturated heterocycles. The van der Waals surface area contributed by atoms with Crippen LogP contribution in [-0.2, 0) is 6.54 Å². The first kappa shape index (κ1) is 13.7. The van der Waals surface area contributed by atoms with E-state index in [9.17, 15) is 0 Å². The standard InChI is InChI=1S/C17H15ClN2O/c1-20(14-7-3-2-4-8-14)11-13-12-21-17(19-13)15-9-5-6-10-16(15)18/h2-10,12H,11H2,1H3. The molecule has 3 rings (SSSR count). The van der Waals surface area contributed by atoms with E-state index < -0.39 is 0 Å². The van der Waals surface area contributed by atoms with Crippen LogP contribution < -0.4 is 4.90 Å². The predicted molar refractivity (Wildman–Crippen MR) is 85.5 cm³/mol. The van der Waals surface area contributed by atoms with E-state index in [0.29, 0.717) is 17.5 Å². The average Bonchev–Trinajstić information content (AvgIpc) is 2.97. The molecule has 0 radical (unpaired) electrons. The molecule has 3 nitrogen and oxygen atoms in total. The van der Waals surface area contributed by atoms with Crippen molar-refractivity contribution in [1.82, 2.24) is 4.98 Å². The molecule has 1 heterocycles. The van der Waals surface area contributed by atoms with Gasteiger partial charge < -0.3 is 9.32 Å². The second-order valence-corrected chi connectivity index (χ2v) is 5.22. The van der Waals surface area contributed by atoms with Crippen molar-refractivity contribution >= 4 is 17.3 Å². The topological polar surface area (TPSA) is 29.3 Å². The molecule has 0 atom stereocenters. The van der Waals surface area contributed by atoms with Crippen LogP contribution >= 0.6 is 11.6 Å². The number of hydrogen-bond donors (Lipinski definition) is 0. The Hall–Kier alpha value is -2.26. The van der Waals surface area contributed by atoms with Crippen molar-refractivity contribution in [3.8, 4) is 11.5 Å². The number of para-hydroxylation sites is 1. The predicted octanol–water partition coefficient (Wildman–Crippen LogP) is 4.63. The zero-order valence-electron chi connectivity index (χ0n) is 11.7. The van der Waals surface area contributed by atoms with Crippen LogP contribution in [0.4, 0.5) is 5.69 Å². The second-order valence-electron chi connectivity index (χ2n) is 4.82. The summed E-state index contributed by atoms with van der Waals surface area (Å²) in [6.45, 7) is 0.679. The molecule has 4 heteroatoms. The Morgan fingerprint density at radius 3 is 2.52 bits per heavy atom. The maximum absolute atomic E-state index is 6.16. The van der Waals surface area contributed by atoms with Gasteiger partial charge in [0.25, 0.3) is 0 Å². The Bertz CT molecular complexity index is 724. The first-order chi connectivity index (χ1) is 10.2. The minimum Gasteiger partial charge on any atom is -0.444 e. The van der Waals surface area contributed by atoms with Gasteiger partial charge in [-0.2, -0.15) is 0 Å². The Morgan fingerprint density at radius 1 is 1.05 bits per heavy atom. The van der Waals surface area contributed by atoms with Gasteiger partial charge in [0, 0.05) is 12.7 Å². The van der Waals surface area contributed by atoms with Gasteiger partial charge in [0.2, 0.25) is 5.89 Å². The van der Waals surface area contributed by atoms with Crippen LogP contribution in [0.2, 0.25) is 5.02 Å². The number of halogens is 1. The minimum absolute atomic E-state index is 0.553. The molecule has 0 fully saturated rings. The molecule has 0 aliphatic carbocycles. The molecular formula is C17H15ClN2O. The molecule has 1 aromatic heterocycles. The maximum atomic E-state index is 6.16. The van der Waals surface area contributed by atoms with Crippen LogP contribution in [0.25, 0.3) is 11.5 Å². The van der Waals surface area contributed by atoms with Gasteiger partial charge in [-0.05, 0) is 24.3 Å². The lowest BCUT2D eigenvalue weighted by Gasteiger charge is -2.17. The summed E-state index contributed by atoms with van der Waals surface area (Å²) in [5, 5.41) is 0.641. The van der Waals surface area contributed by atoms with Crippen molar-refractivity contribution in [2.24, 2.45) is 0 Å². The lowest BCUT2D eigenvalue weighted by Crippen LogP contribution is -2.16. The SMILES string of the molecule is CN(Cc1coc(-c2ccccc2Cl)n1)c1ccccc1. The number of aromatic nitrogens is 1. The van der Waals surface area contributed by atoms with E-state index in [1.807, 2.05) is 49.5 Å². The third-order valence-corrected chi connectivity index (χ3v) is 3.58. The minimum atomic E-state index is 0.553. The molecule has 0 aliphatic heterocycles. The molecule has 2 aromatic carbocycles. The fourth-order valence-corrected chi connectivity index (χ4v) is 2.37. The highest BCUT2D eigenvalue weighted by molar-refractivity contribution is 6.33. The highest BCUT2D eigenvalue weighted by atomic mass is 35.5. The number of nitrogens with zero attached hydrogens (tertiary/aromatic N) is 2. The number of hydrogen-bond acceptors (Lipinski definition) is 3. The van der Waals surface area contributed by atoms with Crippen molar-refractivity contribution in [2.45, 2.75) is 6.54 Å². The van der Waals surface area contributed by atoms with Crippen LogP contribution in [0.3, 0.4) is 0 Å². The van der Waals surface area contributed by atoms with Gasteiger partial charge in [-0.1, -0.05) is 41.9 Å². The summed E-state index contributed by atoms with van der Waals surface area (Å²) in [5.74, 6) is 0.553. The summed E-state index contributed by atoms with van der Waals surface area (Å²) in [6, 6.07) is 17.7. The zero-order chi connectivity index (χ0) is 14.7. The van der Waals surface area contributed by atoms with Gasteiger partial charge in [-0.15, -0.1) is 0 Å². The quantitative estimate of drug-likeness (QED) is 0.703. The molecule has 0 N–H and O–H groups in total. The summed E-state index contributed by atoms with van der Waals surface area (Å²) in [6.07, 6.45) is 1.68. The average molecular weight is 299 g/mol. The lowest BCUT2D eigenvalue weighted by atomic mass is 10.2. The third kappa shape index (κ3) is 3.09. The van der Waals surface area contributed by atoms with E-state index >= 15 is 0 Å². The third-order valence-electron chi connectivity index (χ3n) is 3.25. The first-order valence-electron chi connectivity index (χ1n) is 6.69. The van der Waals surface area contributed by atoms with E-state index in [1.165, 1.54) is 0 Å². The van der Waals surface area contributed by atoms with E-state index in [1.54, 1.807) is 6.26 Å². The molecule has 0 amide bonds. The Labute approximate surface area is 128 Å². The normalized spacial score (nSPS) is 10.6. The Balaban J connectivity index is 1.78. The van der Waals surface area contributed by atoms with Gasteiger partial charge in [0.15, 0.2) is 0 Å². The number of anilines is 1. The van der Waals surface area contributed by atoms with Gasteiger partial charge in [0.1, 0.15) is 6.26 Å². The van der Waals surface area contributed by atoms with E-state index in [2.05, 4.69) is 22.0 Å². The highest BCUT2D eigenvalue weighted by Gasteiger charge is 2.11. The van der Waals surface area contributed by atoms with Crippen LogP contribution in [0.5, 0.6) is 0 Å². The van der Waals surface area contributed by atoms with Crippen LogP contribution in [0, 0.1) is 0 Å². The summed E-state index contributed by atoms with van der Waals surface area (Å²) >= 11 is 6.16. The van der Waals surface area contributed by atoms with E-state index in [-0.39, 0.29) is 0 Å². The van der Waals surface area contributed by atoms with Crippen molar-refractivity contribution in [2.75, 3.05) is 11.9 Å². The van der Waals surface area contributed by atoms with Crippen molar-refractivity contribution in [3.63, 3.8) is 0 Å². The monoisotopic (exact) mass is 298 g/mol. The summed E-state index contributed by atoms with van der Waals surface area (Å²) in [4.78, 5) is 6.63. The summed E-state index contributed by atoms with van der Waals surface area (Å²) in [7, 11) is 2.03. The Kier molecular flexibility index (Phi) is 3.93. The second kappa shape index (κ2) is 6.02. The maximum Gasteiger partial charge on any atom is 0.227 e. The van der Waals surface area contributed by atoms with Crippen molar-refractivity contribution in [3.05, 3.63) is 71.6 Å². The molecule has 3 aromatic rings. The molecular weight excluding hydrogens is 284 g/mol. The molecule has 0 spiro atoms. The van der Waals surface area contributed by atoms with E-state index in [0.717, 1.165) is 16.9 Å². The molecule has 106 valence electrons. The lowest BCUT2D eigenvalue weighted by molar-refractivity contribution is 0.572. The number of benzene rings is 2. The summed E-state index contributed by atoms with van der Waals surface area (Å²) in [5.41, 5.74) is 2.82. The van der Waals surface area contributed by atoms with Crippen molar-refractivity contribution < 1.29 is 4.42 Å². The van der Waals surface area contributed by atoms with Crippen LogP contribution in [-0.4, -0.2) is 12.0 Å². The fraction of sp³-hybridized carbons (Fsp3) is 0.118. The van der Waals surface area contributed by atoms with Gasteiger partial charge in [0.05, 0.1) is 22.8 Å². The molecule has 0 bridgehead atoms. The van der Waals surface area contributed by atoms with Gasteiger partial charge in [-0.25, -0.2) is 4.98 Å². The largest absolute Gasteiger partial charge is 0.444 e. The molecule has 21 heavy (non-hydrogen) atoms. The van der Waals surface area contributed by atoms with Crippen LogP contribution in [0.15, 0.2) is 65.3 Å². The molecule has 0 unspecified atom stereocenters. The van der Waals surface area contributed by atoms with Gasteiger partial charge in [-0.3, -0.25) is 0 Å². The highest BCUT2D eigenvalue weighted by Crippen LogP contribution is 2.27. The van der Waals surface area contributed by atoms with Gasteiger partial charge >= 0.3 is 0 Å². The van der Waals surface area contributed by atoms with Crippen molar-refractivity contribution in [1.29, 1.82) is 0 Å². The molecule has 0 saturated carbocycles. The van der Waals surface area contributed by atoms with Crippen LogP contribution in [0.1, 0.15) is 5.69 Å². The zero-order valence-corrected chi connectivity index (χ0v) is 12.4. The van der Waals surface area contributed by atoms with E-state index in [4.69, 9.17) is 16.0 Å². The molecule has 0 aliphatic rings. The first-order valence-corrected chi connectivity index (χ1v) is 7.07. The number of rotatable bonds is 4. The fourth-order valence-electron chi connectivity index (χ4n) is 2.15. The Morgan fingerprint density at radius 2 is 1.76 bits per heavy atom.